The van der Waals surface area contributed by atoms with E-state index in [4.69, 9.17) is 4.74 Å². The normalized spacial score (nSPS) is 17.0. The number of ether oxygens (including phenoxy) is 1. The minimum atomic E-state index is -0.140. The minimum absolute atomic E-state index is 0.0221. The maximum Gasteiger partial charge on any atom is 0.135 e. The highest BCUT2D eigenvalue weighted by molar-refractivity contribution is 6.25. The molecule has 0 amide bonds. The van der Waals surface area contributed by atoms with Crippen LogP contribution >= 0.6 is 0 Å². The SMILES string of the molecule is CC1(C)c2ccccc2-c2ccc(C3=c4ccccc4=CC4c5ccc(C(c6ccc(-c7ccccc7)cc6)c6ccc7c8ccccc8c8ccccc8c7c6)cc5OC34)cc21. The molecule has 3 atom stereocenters. The zero-order valence-corrected chi connectivity index (χ0v) is 35.3. The molecular weight excluding hydrogens is 761 g/mol. The maximum atomic E-state index is 7.32. The Hall–Kier alpha value is -7.48. The molecule has 0 saturated carbocycles. The zero-order valence-electron chi connectivity index (χ0n) is 35.3. The second-order valence-corrected chi connectivity index (χ2v) is 18.3. The quantitative estimate of drug-likeness (QED) is 0.124. The summed E-state index contributed by atoms with van der Waals surface area (Å²) in [5.74, 6) is 1.05. The number of hydrogen-bond donors (Lipinski definition) is 0. The molecule has 10 aromatic carbocycles. The van der Waals surface area contributed by atoms with Gasteiger partial charge in [0.25, 0.3) is 0 Å². The molecule has 0 aromatic heterocycles. The molecule has 0 bridgehead atoms. The van der Waals surface area contributed by atoms with Crippen LogP contribution in [0.5, 0.6) is 5.75 Å². The first-order valence-corrected chi connectivity index (χ1v) is 22.3. The van der Waals surface area contributed by atoms with Crippen molar-refractivity contribution in [1.82, 2.24) is 0 Å². The number of rotatable bonds is 5. The molecule has 1 heterocycles. The molecule has 2 aliphatic carbocycles. The fourth-order valence-electron chi connectivity index (χ4n) is 11.5. The molecule has 0 saturated heterocycles. The van der Waals surface area contributed by atoms with Crippen molar-refractivity contribution in [2.24, 2.45) is 0 Å². The van der Waals surface area contributed by atoms with Gasteiger partial charge in [0.2, 0.25) is 0 Å². The standard InChI is InChI=1S/C62H44O/c1-62(2)56-23-13-12-22-51(56)52-32-29-43(36-57(52)62)60-45-17-7-6-16-41(45)34-55-53-33-30-44(37-58(53)63-61(55)60)59(40-26-24-39(25-27-40)38-14-4-3-5-15-38)42-28-31-50-48-20-9-8-18-46(48)47-19-10-11-21-49(47)54(50)35-42/h3-37,55,59,61H,1-2H3. The van der Waals surface area contributed by atoms with Crippen molar-refractivity contribution in [1.29, 1.82) is 0 Å². The summed E-state index contributed by atoms with van der Waals surface area (Å²) < 4.78 is 7.32. The van der Waals surface area contributed by atoms with E-state index >= 15 is 0 Å². The molecule has 3 unspecified atom stereocenters. The van der Waals surface area contributed by atoms with Gasteiger partial charge >= 0.3 is 0 Å². The highest BCUT2D eigenvalue weighted by Gasteiger charge is 2.40. The Morgan fingerprint density at radius 2 is 1.00 bits per heavy atom. The van der Waals surface area contributed by atoms with E-state index in [1.54, 1.807) is 0 Å². The predicted molar refractivity (Wildman–Crippen MR) is 262 cm³/mol. The summed E-state index contributed by atoms with van der Waals surface area (Å²) in [7, 11) is 0. The first-order valence-electron chi connectivity index (χ1n) is 22.3. The van der Waals surface area contributed by atoms with Crippen LogP contribution in [0.3, 0.4) is 0 Å². The van der Waals surface area contributed by atoms with E-state index in [1.807, 2.05) is 0 Å². The summed E-state index contributed by atoms with van der Waals surface area (Å²) in [5.41, 5.74) is 15.3. The van der Waals surface area contributed by atoms with Crippen molar-refractivity contribution in [3.63, 3.8) is 0 Å². The van der Waals surface area contributed by atoms with Crippen molar-refractivity contribution in [3.05, 3.63) is 256 Å². The Bertz CT molecular complexity index is 3600. The van der Waals surface area contributed by atoms with Crippen LogP contribution in [-0.2, 0) is 5.41 Å². The number of fused-ring (bicyclic) bond motifs is 13. The van der Waals surface area contributed by atoms with Gasteiger partial charge in [-0.05, 0) is 117 Å². The Balaban J connectivity index is 0.956. The van der Waals surface area contributed by atoms with Crippen LogP contribution in [0.4, 0.5) is 0 Å². The third-order valence-electron chi connectivity index (χ3n) is 14.6. The van der Waals surface area contributed by atoms with Gasteiger partial charge in [-0.25, -0.2) is 0 Å². The lowest BCUT2D eigenvalue weighted by Crippen LogP contribution is -2.39. The van der Waals surface area contributed by atoms with Gasteiger partial charge in [-0.1, -0.05) is 208 Å². The van der Waals surface area contributed by atoms with Gasteiger partial charge in [0.1, 0.15) is 11.9 Å². The van der Waals surface area contributed by atoms with E-state index in [0.717, 1.165) is 5.75 Å². The van der Waals surface area contributed by atoms with E-state index in [2.05, 4.69) is 226 Å². The second-order valence-electron chi connectivity index (χ2n) is 18.3. The molecule has 1 aliphatic heterocycles. The van der Waals surface area contributed by atoms with Crippen LogP contribution in [0, 0.1) is 0 Å². The average Bonchev–Trinajstić information content (AvgIpc) is 3.81. The summed E-state index contributed by atoms with van der Waals surface area (Å²) in [5, 5.41) is 10.2. The van der Waals surface area contributed by atoms with Gasteiger partial charge in [0.05, 0.1) is 0 Å². The molecule has 1 heteroatoms. The van der Waals surface area contributed by atoms with Crippen LogP contribution in [0.2, 0.25) is 0 Å². The maximum absolute atomic E-state index is 7.32. The van der Waals surface area contributed by atoms with Crippen molar-refractivity contribution >= 4 is 44.0 Å². The summed E-state index contributed by atoms with van der Waals surface area (Å²) in [6.07, 6.45) is 2.31. The summed E-state index contributed by atoms with van der Waals surface area (Å²) in [4.78, 5) is 0. The van der Waals surface area contributed by atoms with E-state index in [-0.39, 0.29) is 23.4 Å². The molecule has 3 aliphatic rings. The second kappa shape index (κ2) is 13.8. The van der Waals surface area contributed by atoms with Crippen molar-refractivity contribution in [3.8, 4) is 28.0 Å². The lowest BCUT2D eigenvalue weighted by molar-refractivity contribution is 0.281. The van der Waals surface area contributed by atoms with Crippen LogP contribution in [0.15, 0.2) is 206 Å². The molecule has 1 nitrogen and oxygen atoms in total. The summed E-state index contributed by atoms with van der Waals surface area (Å²) in [6, 6.07) is 76.8. The lowest BCUT2D eigenvalue weighted by atomic mass is 9.78. The lowest BCUT2D eigenvalue weighted by Gasteiger charge is -2.26. The Labute approximate surface area is 367 Å². The first-order chi connectivity index (χ1) is 31.0. The van der Waals surface area contributed by atoms with Gasteiger partial charge < -0.3 is 4.74 Å². The van der Waals surface area contributed by atoms with Crippen LogP contribution in [-0.4, -0.2) is 6.10 Å². The van der Waals surface area contributed by atoms with Gasteiger partial charge in [-0.3, -0.25) is 0 Å². The Morgan fingerprint density at radius 1 is 0.429 bits per heavy atom. The highest BCUT2D eigenvalue weighted by atomic mass is 16.5. The summed E-state index contributed by atoms with van der Waals surface area (Å²) in [6.45, 7) is 4.74. The molecule has 0 spiro atoms. The fraction of sp³-hybridized carbons (Fsp3) is 0.0968. The average molecular weight is 805 g/mol. The minimum Gasteiger partial charge on any atom is -0.484 e. The van der Waals surface area contributed by atoms with Gasteiger partial charge in [-0.2, -0.15) is 0 Å². The topological polar surface area (TPSA) is 9.23 Å². The first kappa shape index (κ1) is 36.2. The molecule has 0 N–H and O–H groups in total. The van der Waals surface area contributed by atoms with Gasteiger partial charge in [0, 0.05) is 28.4 Å². The Kier molecular flexibility index (Phi) is 7.91. The van der Waals surface area contributed by atoms with Crippen LogP contribution < -0.4 is 15.2 Å². The van der Waals surface area contributed by atoms with Crippen molar-refractivity contribution in [2.45, 2.75) is 37.2 Å². The van der Waals surface area contributed by atoms with E-state index < -0.39 is 0 Å². The predicted octanol–water partition coefficient (Wildman–Crippen LogP) is 13.8. The third-order valence-corrected chi connectivity index (χ3v) is 14.6. The zero-order chi connectivity index (χ0) is 41.8. The monoisotopic (exact) mass is 804 g/mol. The van der Waals surface area contributed by atoms with Crippen molar-refractivity contribution in [2.75, 3.05) is 0 Å². The molecule has 0 fully saturated rings. The van der Waals surface area contributed by atoms with Gasteiger partial charge in [-0.15, -0.1) is 0 Å². The van der Waals surface area contributed by atoms with Gasteiger partial charge in [0.15, 0.2) is 0 Å². The number of benzene rings is 10. The number of hydrogen-bond acceptors (Lipinski definition) is 1. The molecule has 63 heavy (non-hydrogen) atoms. The van der Waals surface area contributed by atoms with Crippen LogP contribution in [0.1, 0.15) is 64.6 Å². The smallest absolute Gasteiger partial charge is 0.135 e. The third kappa shape index (κ3) is 5.49. The largest absolute Gasteiger partial charge is 0.484 e. The van der Waals surface area contributed by atoms with Crippen LogP contribution in [0.25, 0.3) is 66.2 Å². The fourth-order valence-corrected chi connectivity index (χ4v) is 11.5. The van der Waals surface area contributed by atoms with E-state index in [0.29, 0.717) is 0 Å². The molecular formula is C62H44O. The van der Waals surface area contributed by atoms with E-state index in [1.165, 1.54) is 110 Å². The van der Waals surface area contributed by atoms with Crippen molar-refractivity contribution < 1.29 is 4.74 Å². The highest BCUT2D eigenvalue weighted by Crippen LogP contribution is 2.51. The summed E-state index contributed by atoms with van der Waals surface area (Å²) >= 11 is 0. The molecule has 10 aromatic rings. The van der Waals surface area contributed by atoms with E-state index in [9.17, 15) is 0 Å². The molecule has 13 rings (SSSR count). The molecule has 298 valence electrons. The Morgan fingerprint density at radius 3 is 1.78 bits per heavy atom. The molecule has 0 radical (unpaired) electrons.